The minimum atomic E-state index is -0.109. The summed E-state index contributed by atoms with van der Waals surface area (Å²) in [5, 5.41) is 13.3. The number of aryl methyl sites for hydroxylation is 2. The molecule has 0 saturated heterocycles. The van der Waals surface area contributed by atoms with E-state index in [1.54, 1.807) is 24.0 Å². The molecule has 2 aromatic rings. The molecular weight excluding hydrogens is 220 g/mol. The highest BCUT2D eigenvalue weighted by molar-refractivity contribution is 5.92. The lowest BCUT2D eigenvalue weighted by Gasteiger charge is -2.04. The van der Waals surface area contributed by atoms with Crippen LogP contribution in [0.25, 0.3) is 0 Å². The van der Waals surface area contributed by atoms with Crippen molar-refractivity contribution in [3.05, 3.63) is 30.1 Å². The minimum absolute atomic E-state index is 0.109. The molecule has 2 aromatic heterocycles. The third kappa shape index (κ3) is 2.90. The van der Waals surface area contributed by atoms with Gasteiger partial charge in [0.2, 0.25) is 0 Å². The largest absolute Gasteiger partial charge is 0.351 e. The normalized spacial score (nSPS) is 10.4. The first kappa shape index (κ1) is 11.3. The molecule has 7 nitrogen and oxygen atoms in total. The Kier molecular flexibility index (Phi) is 3.49. The molecule has 1 amide bonds. The molecule has 90 valence electrons. The van der Waals surface area contributed by atoms with E-state index < -0.39 is 0 Å². The summed E-state index contributed by atoms with van der Waals surface area (Å²) in [6, 6.07) is 1.69. The minimum Gasteiger partial charge on any atom is -0.351 e. The fourth-order valence-electron chi connectivity index (χ4n) is 1.50. The highest BCUT2D eigenvalue weighted by Gasteiger charge is 2.08. The van der Waals surface area contributed by atoms with Crippen molar-refractivity contribution in [3.63, 3.8) is 0 Å². The van der Waals surface area contributed by atoms with Crippen LogP contribution >= 0.6 is 0 Å². The second kappa shape index (κ2) is 5.24. The van der Waals surface area contributed by atoms with E-state index >= 15 is 0 Å². The number of hydrogen-bond acceptors (Lipinski definition) is 4. The summed E-state index contributed by atoms with van der Waals surface area (Å²) in [4.78, 5) is 15.7. The van der Waals surface area contributed by atoms with Gasteiger partial charge in [-0.15, -0.1) is 0 Å². The summed E-state index contributed by atoms with van der Waals surface area (Å²) in [5.74, 6) is 0.724. The summed E-state index contributed by atoms with van der Waals surface area (Å²) >= 11 is 0. The van der Waals surface area contributed by atoms with E-state index in [0.717, 1.165) is 18.7 Å². The van der Waals surface area contributed by atoms with E-state index in [0.29, 0.717) is 12.2 Å². The lowest BCUT2D eigenvalue weighted by atomic mass is 10.3. The van der Waals surface area contributed by atoms with E-state index in [1.165, 1.54) is 6.33 Å². The van der Waals surface area contributed by atoms with Gasteiger partial charge in [-0.2, -0.15) is 10.2 Å². The molecule has 2 heterocycles. The van der Waals surface area contributed by atoms with Crippen LogP contribution in [0.4, 0.5) is 0 Å². The Morgan fingerprint density at radius 3 is 3.12 bits per heavy atom. The standard InChI is InChI=1S/C10H14N6O/c1-16-8(4-6-14-16)10(17)11-5-2-3-9-12-7-13-15-9/h4,6-7H,2-3,5H2,1H3,(H,11,17)(H,12,13,15). The number of amides is 1. The summed E-state index contributed by atoms with van der Waals surface area (Å²) in [7, 11) is 1.74. The van der Waals surface area contributed by atoms with E-state index in [2.05, 4.69) is 25.6 Å². The van der Waals surface area contributed by atoms with Crippen LogP contribution in [0.15, 0.2) is 18.6 Å². The molecular formula is C10H14N6O. The molecule has 7 heteroatoms. The van der Waals surface area contributed by atoms with E-state index in [4.69, 9.17) is 0 Å². The first-order valence-electron chi connectivity index (χ1n) is 5.38. The van der Waals surface area contributed by atoms with Gasteiger partial charge in [0, 0.05) is 26.2 Å². The molecule has 0 fully saturated rings. The molecule has 0 atom stereocenters. The van der Waals surface area contributed by atoms with Crippen molar-refractivity contribution in [2.45, 2.75) is 12.8 Å². The molecule has 0 aliphatic carbocycles. The fraction of sp³-hybridized carbons (Fsp3) is 0.400. The van der Waals surface area contributed by atoms with Gasteiger partial charge in [-0.25, -0.2) is 4.98 Å². The van der Waals surface area contributed by atoms with Crippen LogP contribution in [0, 0.1) is 0 Å². The quantitative estimate of drug-likeness (QED) is 0.707. The maximum atomic E-state index is 11.7. The second-order valence-electron chi connectivity index (χ2n) is 3.63. The topological polar surface area (TPSA) is 88.5 Å². The summed E-state index contributed by atoms with van der Waals surface area (Å²) in [6.07, 6.45) is 4.66. The molecule has 0 radical (unpaired) electrons. The lowest BCUT2D eigenvalue weighted by Crippen LogP contribution is -2.26. The Balaban J connectivity index is 1.72. The number of nitrogens with zero attached hydrogens (tertiary/aromatic N) is 4. The number of aromatic nitrogens is 5. The number of carbonyl (C=O) groups is 1. The molecule has 0 unspecified atom stereocenters. The Labute approximate surface area is 98.2 Å². The van der Waals surface area contributed by atoms with E-state index in [-0.39, 0.29) is 5.91 Å². The van der Waals surface area contributed by atoms with Crippen LogP contribution in [0.2, 0.25) is 0 Å². The third-order valence-corrected chi connectivity index (χ3v) is 2.39. The molecule has 17 heavy (non-hydrogen) atoms. The fourth-order valence-corrected chi connectivity index (χ4v) is 1.50. The maximum Gasteiger partial charge on any atom is 0.269 e. The molecule has 2 rings (SSSR count). The van der Waals surface area contributed by atoms with Crippen LogP contribution < -0.4 is 5.32 Å². The first-order valence-corrected chi connectivity index (χ1v) is 5.38. The van der Waals surface area contributed by atoms with Crippen molar-refractivity contribution < 1.29 is 4.79 Å². The van der Waals surface area contributed by atoms with Crippen molar-refractivity contribution in [3.8, 4) is 0 Å². The number of aromatic amines is 1. The van der Waals surface area contributed by atoms with Crippen molar-refractivity contribution in [1.82, 2.24) is 30.3 Å². The van der Waals surface area contributed by atoms with Crippen LogP contribution in [0.1, 0.15) is 22.7 Å². The molecule has 0 saturated carbocycles. The monoisotopic (exact) mass is 234 g/mol. The molecule has 0 bridgehead atoms. The van der Waals surface area contributed by atoms with Crippen molar-refractivity contribution in [2.24, 2.45) is 7.05 Å². The Morgan fingerprint density at radius 2 is 2.47 bits per heavy atom. The van der Waals surface area contributed by atoms with Gasteiger partial charge in [0.05, 0.1) is 0 Å². The molecule has 0 aromatic carbocycles. The van der Waals surface area contributed by atoms with Crippen molar-refractivity contribution in [2.75, 3.05) is 6.54 Å². The number of carbonyl (C=O) groups excluding carboxylic acids is 1. The maximum absolute atomic E-state index is 11.7. The van der Waals surface area contributed by atoms with Gasteiger partial charge in [-0.3, -0.25) is 14.6 Å². The number of H-pyrrole nitrogens is 1. The predicted octanol–water partition coefficient (Wildman–Crippen LogP) is -0.0992. The highest BCUT2D eigenvalue weighted by Crippen LogP contribution is 1.96. The van der Waals surface area contributed by atoms with Gasteiger partial charge in [-0.1, -0.05) is 0 Å². The summed E-state index contributed by atoms with van der Waals surface area (Å²) in [6.45, 7) is 0.602. The molecule has 0 spiro atoms. The lowest BCUT2D eigenvalue weighted by molar-refractivity contribution is 0.0944. The number of rotatable bonds is 5. The zero-order valence-electron chi connectivity index (χ0n) is 9.55. The average molecular weight is 234 g/mol. The van der Waals surface area contributed by atoms with Gasteiger partial charge in [0.1, 0.15) is 17.8 Å². The Hall–Kier alpha value is -2.18. The molecule has 0 aliphatic heterocycles. The zero-order chi connectivity index (χ0) is 12.1. The van der Waals surface area contributed by atoms with E-state index in [1.807, 2.05) is 0 Å². The van der Waals surface area contributed by atoms with Crippen LogP contribution in [-0.2, 0) is 13.5 Å². The molecule has 0 aliphatic rings. The van der Waals surface area contributed by atoms with Crippen LogP contribution in [-0.4, -0.2) is 37.4 Å². The smallest absolute Gasteiger partial charge is 0.269 e. The SMILES string of the molecule is Cn1nccc1C(=O)NCCCc1ncn[nH]1. The first-order chi connectivity index (χ1) is 8.27. The number of hydrogen-bond donors (Lipinski definition) is 2. The average Bonchev–Trinajstić information content (AvgIpc) is 2.95. The Bertz CT molecular complexity index is 475. The van der Waals surface area contributed by atoms with Gasteiger partial charge >= 0.3 is 0 Å². The summed E-state index contributed by atoms with van der Waals surface area (Å²) in [5.41, 5.74) is 0.560. The van der Waals surface area contributed by atoms with Gasteiger partial charge < -0.3 is 5.32 Å². The van der Waals surface area contributed by atoms with E-state index in [9.17, 15) is 4.79 Å². The van der Waals surface area contributed by atoms with Crippen molar-refractivity contribution >= 4 is 5.91 Å². The van der Waals surface area contributed by atoms with Crippen LogP contribution in [0.3, 0.4) is 0 Å². The Morgan fingerprint density at radius 1 is 1.59 bits per heavy atom. The van der Waals surface area contributed by atoms with Gasteiger partial charge in [0.25, 0.3) is 5.91 Å². The van der Waals surface area contributed by atoms with Crippen LogP contribution in [0.5, 0.6) is 0 Å². The zero-order valence-corrected chi connectivity index (χ0v) is 9.55. The third-order valence-electron chi connectivity index (χ3n) is 2.39. The highest BCUT2D eigenvalue weighted by atomic mass is 16.2. The second-order valence-corrected chi connectivity index (χ2v) is 3.63. The number of nitrogens with one attached hydrogen (secondary N) is 2. The predicted molar refractivity (Wildman–Crippen MR) is 60.2 cm³/mol. The molecule has 2 N–H and O–H groups in total. The van der Waals surface area contributed by atoms with Crippen molar-refractivity contribution in [1.29, 1.82) is 0 Å². The van der Waals surface area contributed by atoms with Gasteiger partial charge in [0.15, 0.2) is 0 Å². The summed E-state index contributed by atoms with van der Waals surface area (Å²) < 4.78 is 1.55. The van der Waals surface area contributed by atoms with Gasteiger partial charge in [-0.05, 0) is 12.5 Å².